The molecule has 128 valence electrons. The second-order valence-corrected chi connectivity index (χ2v) is 6.45. The molecule has 0 aromatic carbocycles. The largest absolute Gasteiger partial charge is 0.378 e. The van der Waals surface area contributed by atoms with Crippen LogP contribution in [0.2, 0.25) is 0 Å². The van der Waals surface area contributed by atoms with Gasteiger partial charge in [-0.1, -0.05) is 19.9 Å². The third kappa shape index (κ3) is 4.00. The average molecular weight is 327 g/mol. The van der Waals surface area contributed by atoms with Gasteiger partial charge in [0.15, 0.2) is 0 Å². The summed E-state index contributed by atoms with van der Waals surface area (Å²) in [7, 11) is 0. The van der Waals surface area contributed by atoms with Gasteiger partial charge in [-0.15, -0.1) is 0 Å². The van der Waals surface area contributed by atoms with Crippen molar-refractivity contribution >= 4 is 11.8 Å². The Labute approximate surface area is 143 Å². The quantitative estimate of drug-likeness (QED) is 0.911. The normalized spacial score (nSPS) is 16.2. The topological polar surface area (TPSA) is 63.2 Å². The van der Waals surface area contributed by atoms with Crippen LogP contribution >= 0.6 is 0 Å². The van der Waals surface area contributed by atoms with Crippen molar-refractivity contribution in [3.05, 3.63) is 41.9 Å². The molecule has 3 heterocycles. The minimum atomic E-state index is 0.158. The molecule has 2 aromatic heterocycles. The Morgan fingerprint density at radius 3 is 2.67 bits per heavy atom. The zero-order valence-corrected chi connectivity index (χ0v) is 14.6. The third-order valence-corrected chi connectivity index (χ3v) is 4.15. The molecule has 1 saturated heterocycles. The molecule has 0 bridgehead atoms. The number of hydrogen-bond donors (Lipinski definition) is 1. The Hall–Kier alpha value is -2.21. The van der Waals surface area contributed by atoms with E-state index in [2.05, 4.69) is 40.1 Å². The second kappa shape index (κ2) is 7.57. The van der Waals surface area contributed by atoms with Crippen molar-refractivity contribution in [1.29, 1.82) is 0 Å². The van der Waals surface area contributed by atoms with Crippen molar-refractivity contribution in [2.75, 3.05) is 36.5 Å². The van der Waals surface area contributed by atoms with E-state index < -0.39 is 0 Å². The number of nitrogens with zero attached hydrogens (tertiary/aromatic N) is 4. The molecular formula is C18H25N5O. The maximum absolute atomic E-state index is 5.42. The maximum atomic E-state index is 5.42. The van der Waals surface area contributed by atoms with Gasteiger partial charge >= 0.3 is 0 Å². The van der Waals surface area contributed by atoms with Gasteiger partial charge in [0.25, 0.3) is 0 Å². The van der Waals surface area contributed by atoms with Crippen LogP contribution in [0.25, 0.3) is 0 Å². The number of anilines is 2. The van der Waals surface area contributed by atoms with Crippen molar-refractivity contribution in [2.24, 2.45) is 5.92 Å². The summed E-state index contributed by atoms with van der Waals surface area (Å²) in [6, 6.07) is 6.22. The SMILES string of the molecule is Cc1cc(N[C@@H](c2cccnc2)C(C)C)nc(N2CCOCC2)n1. The highest BCUT2D eigenvalue weighted by Crippen LogP contribution is 2.26. The molecule has 2 aromatic rings. The highest BCUT2D eigenvalue weighted by molar-refractivity contribution is 5.45. The Bertz CT molecular complexity index is 656. The van der Waals surface area contributed by atoms with Gasteiger partial charge < -0.3 is 15.0 Å². The standard InChI is InChI=1S/C18H25N5O/c1-13(2)17(15-5-4-6-19-12-15)21-16-11-14(3)20-18(22-16)23-7-9-24-10-8-23/h4-6,11-13,17H,7-10H2,1-3H3,(H,20,21,22)/t17-/m1/s1. The van der Waals surface area contributed by atoms with Crippen molar-refractivity contribution < 1.29 is 4.74 Å². The van der Waals surface area contributed by atoms with Gasteiger partial charge in [-0.25, -0.2) is 4.98 Å². The fourth-order valence-corrected chi connectivity index (χ4v) is 2.89. The zero-order chi connectivity index (χ0) is 16.9. The first-order valence-electron chi connectivity index (χ1n) is 8.48. The Kier molecular flexibility index (Phi) is 5.25. The molecule has 1 atom stereocenters. The van der Waals surface area contributed by atoms with Crippen molar-refractivity contribution in [3.8, 4) is 0 Å². The number of morpholine rings is 1. The van der Waals surface area contributed by atoms with E-state index in [4.69, 9.17) is 9.72 Å². The predicted octanol–water partition coefficient (Wildman–Crippen LogP) is 2.83. The molecule has 1 aliphatic rings. The predicted molar refractivity (Wildman–Crippen MR) is 95.2 cm³/mol. The van der Waals surface area contributed by atoms with Gasteiger partial charge in [0.1, 0.15) is 5.82 Å². The van der Waals surface area contributed by atoms with Crippen molar-refractivity contribution in [1.82, 2.24) is 15.0 Å². The molecule has 24 heavy (non-hydrogen) atoms. The lowest BCUT2D eigenvalue weighted by atomic mass is 9.97. The van der Waals surface area contributed by atoms with E-state index in [0.717, 1.165) is 49.3 Å². The molecular weight excluding hydrogens is 302 g/mol. The van der Waals surface area contributed by atoms with Gasteiger partial charge in [-0.05, 0) is 24.5 Å². The molecule has 0 aliphatic carbocycles. The summed E-state index contributed by atoms with van der Waals surface area (Å²) >= 11 is 0. The number of aryl methyl sites for hydroxylation is 1. The lowest BCUT2D eigenvalue weighted by Crippen LogP contribution is -2.37. The number of rotatable bonds is 5. The number of pyridine rings is 1. The molecule has 1 fully saturated rings. The molecule has 0 radical (unpaired) electrons. The maximum Gasteiger partial charge on any atom is 0.227 e. The average Bonchev–Trinajstić information content (AvgIpc) is 2.60. The van der Waals surface area contributed by atoms with Crippen LogP contribution in [0.4, 0.5) is 11.8 Å². The van der Waals surface area contributed by atoms with E-state index >= 15 is 0 Å². The summed E-state index contributed by atoms with van der Waals surface area (Å²) in [6.45, 7) is 9.52. The fourth-order valence-electron chi connectivity index (χ4n) is 2.89. The molecule has 6 nitrogen and oxygen atoms in total. The van der Waals surface area contributed by atoms with Gasteiger partial charge in [0.05, 0.1) is 19.3 Å². The lowest BCUT2D eigenvalue weighted by molar-refractivity contribution is 0.122. The van der Waals surface area contributed by atoms with E-state index in [-0.39, 0.29) is 6.04 Å². The third-order valence-electron chi connectivity index (χ3n) is 4.15. The molecule has 6 heteroatoms. The molecule has 3 rings (SSSR count). The van der Waals surface area contributed by atoms with Crippen molar-refractivity contribution in [3.63, 3.8) is 0 Å². The number of aromatic nitrogens is 3. The highest BCUT2D eigenvalue weighted by atomic mass is 16.5. The lowest BCUT2D eigenvalue weighted by Gasteiger charge is -2.28. The first-order valence-corrected chi connectivity index (χ1v) is 8.48. The van der Waals surface area contributed by atoms with Crippen LogP contribution in [0.1, 0.15) is 31.1 Å². The molecule has 0 spiro atoms. The van der Waals surface area contributed by atoms with E-state index in [0.29, 0.717) is 5.92 Å². The monoisotopic (exact) mass is 327 g/mol. The summed E-state index contributed by atoms with van der Waals surface area (Å²) in [5.41, 5.74) is 2.12. The fraction of sp³-hybridized carbons (Fsp3) is 0.500. The first-order chi connectivity index (χ1) is 11.6. The van der Waals surface area contributed by atoms with E-state index in [1.165, 1.54) is 0 Å². The van der Waals surface area contributed by atoms with E-state index in [1.54, 1.807) is 6.20 Å². The van der Waals surface area contributed by atoms with Crippen LogP contribution in [-0.2, 0) is 4.74 Å². The van der Waals surface area contributed by atoms with E-state index in [1.807, 2.05) is 25.3 Å². The van der Waals surface area contributed by atoms with Gasteiger partial charge in [0.2, 0.25) is 5.95 Å². The summed E-state index contributed by atoms with van der Waals surface area (Å²) in [6.07, 6.45) is 3.71. The minimum Gasteiger partial charge on any atom is -0.378 e. The van der Waals surface area contributed by atoms with Gasteiger partial charge in [-0.3, -0.25) is 4.98 Å². The second-order valence-electron chi connectivity index (χ2n) is 6.45. The Morgan fingerprint density at radius 2 is 2.00 bits per heavy atom. The van der Waals surface area contributed by atoms with E-state index in [9.17, 15) is 0 Å². The van der Waals surface area contributed by atoms with Crippen LogP contribution < -0.4 is 10.2 Å². The van der Waals surface area contributed by atoms with Gasteiger partial charge in [-0.2, -0.15) is 4.98 Å². The molecule has 0 unspecified atom stereocenters. The molecule has 1 N–H and O–H groups in total. The van der Waals surface area contributed by atoms with Crippen molar-refractivity contribution in [2.45, 2.75) is 26.8 Å². The van der Waals surface area contributed by atoms with Gasteiger partial charge in [0, 0.05) is 37.2 Å². The first kappa shape index (κ1) is 16.6. The van der Waals surface area contributed by atoms with Crippen LogP contribution in [0.15, 0.2) is 30.6 Å². The molecule has 0 amide bonds. The van der Waals surface area contributed by atoms with Crippen LogP contribution in [0.5, 0.6) is 0 Å². The Morgan fingerprint density at radius 1 is 1.21 bits per heavy atom. The van der Waals surface area contributed by atoms with Crippen LogP contribution in [0.3, 0.4) is 0 Å². The number of hydrogen-bond acceptors (Lipinski definition) is 6. The number of nitrogens with one attached hydrogen (secondary N) is 1. The Balaban J connectivity index is 1.84. The van der Waals surface area contributed by atoms with Crippen LogP contribution in [0, 0.1) is 12.8 Å². The summed E-state index contributed by atoms with van der Waals surface area (Å²) in [5, 5.41) is 3.57. The number of ether oxygens (including phenoxy) is 1. The molecule has 0 saturated carbocycles. The molecule has 1 aliphatic heterocycles. The smallest absolute Gasteiger partial charge is 0.227 e. The minimum absolute atomic E-state index is 0.158. The summed E-state index contributed by atoms with van der Waals surface area (Å²) in [5.74, 6) is 2.04. The van der Waals surface area contributed by atoms with Crippen LogP contribution in [-0.4, -0.2) is 41.3 Å². The summed E-state index contributed by atoms with van der Waals surface area (Å²) < 4.78 is 5.42. The zero-order valence-electron chi connectivity index (χ0n) is 14.6. The summed E-state index contributed by atoms with van der Waals surface area (Å²) in [4.78, 5) is 15.7. The highest BCUT2D eigenvalue weighted by Gasteiger charge is 2.19.